The van der Waals surface area contributed by atoms with Gasteiger partial charge in [0.2, 0.25) is 0 Å². The molecule has 0 aliphatic rings. The SMILES string of the molecule is CCCn1cc(C(Cc2cccc(Cl)c2)NN)cn1. The van der Waals surface area contributed by atoms with E-state index in [1.807, 2.05) is 41.3 Å². The Morgan fingerprint density at radius 1 is 1.47 bits per heavy atom. The zero-order valence-corrected chi connectivity index (χ0v) is 11.8. The Hall–Kier alpha value is -1.36. The predicted octanol–water partition coefficient (Wildman–Crippen LogP) is 2.69. The van der Waals surface area contributed by atoms with Crippen LogP contribution in [0.4, 0.5) is 0 Å². The van der Waals surface area contributed by atoms with Gasteiger partial charge < -0.3 is 0 Å². The number of nitrogens with two attached hydrogens (primary N) is 1. The van der Waals surface area contributed by atoms with Crippen molar-refractivity contribution in [2.45, 2.75) is 32.4 Å². The van der Waals surface area contributed by atoms with Crippen molar-refractivity contribution in [1.29, 1.82) is 0 Å². The highest BCUT2D eigenvalue weighted by atomic mass is 35.5. The van der Waals surface area contributed by atoms with Crippen LogP contribution in [0.15, 0.2) is 36.7 Å². The monoisotopic (exact) mass is 278 g/mol. The zero-order chi connectivity index (χ0) is 13.7. The van der Waals surface area contributed by atoms with Gasteiger partial charge in [-0.2, -0.15) is 5.10 Å². The highest BCUT2D eigenvalue weighted by molar-refractivity contribution is 6.30. The Bertz CT molecular complexity index is 524. The Kier molecular flexibility index (Phi) is 4.96. The van der Waals surface area contributed by atoms with E-state index < -0.39 is 0 Å². The van der Waals surface area contributed by atoms with Crippen molar-refractivity contribution in [3.05, 3.63) is 52.8 Å². The second-order valence-corrected chi connectivity index (χ2v) is 5.03. The molecule has 0 saturated heterocycles. The minimum atomic E-state index is 0.0454. The quantitative estimate of drug-likeness (QED) is 0.631. The molecule has 4 nitrogen and oxygen atoms in total. The van der Waals surface area contributed by atoms with Crippen LogP contribution in [0.25, 0.3) is 0 Å². The summed E-state index contributed by atoms with van der Waals surface area (Å²) in [6, 6.07) is 7.87. The third-order valence-corrected chi connectivity index (χ3v) is 3.27. The van der Waals surface area contributed by atoms with Crippen molar-refractivity contribution in [3.63, 3.8) is 0 Å². The van der Waals surface area contributed by atoms with Crippen molar-refractivity contribution in [1.82, 2.24) is 15.2 Å². The molecule has 0 saturated carbocycles. The Morgan fingerprint density at radius 2 is 2.32 bits per heavy atom. The lowest BCUT2D eigenvalue weighted by atomic mass is 10.0. The minimum Gasteiger partial charge on any atom is -0.272 e. The van der Waals surface area contributed by atoms with Crippen molar-refractivity contribution in [2.75, 3.05) is 0 Å². The number of rotatable bonds is 6. The normalized spacial score (nSPS) is 12.6. The molecule has 1 heterocycles. The minimum absolute atomic E-state index is 0.0454. The van der Waals surface area contributed by atoms with E-state index in [1.54, 1.807) is 0 Å². The average molecular weight is 279 g/mol. The predicted molar refractivity (Wildman–Crippen MR) is 77.7 cm³/mol. The summed E-state index contributed by atoms with van der Waals surface area (Å²) in [4.78, 5) is 0. The van der Waals surface area contributed by atoms with Crippen molar-refractivity contribution in [3.8, 4) is 0 Å². The third-order valence-electron chi connectivity index (χ3n) is 3.04. The highest BCUT2D eigenvalue weighted by Crippen LogP contribution is 2.19. The highest BCUT2D eigenvalue weighted by Gasteiger charge is 2.13. The van der Waals surface area contributed by atoms with Crippen LogP contribution in [0, 0.1) is 0 Å². The first-order valence-corrected chi connectivity index (χ1v) is 6.83. The Labute approximate surface area is 118 Å². The molecule has 3 N–H and O–H groups in total. The second kappa shape index (κ2) is 6.70. The van der Waals surface area contributed by atoms with Crippen LogP contribution < -0.4 is 11.3 Å². The van der Waals surface area contributed by atoms with Crippen LogP contribution in [0.5, 0.6) is 0 Å². The lowest BCUT2D eigenvalue weighted by Gasteiger charge is -2.14. The first-order chi connectivity index (χ1) is 9.22. The number of aromatic nitrogens is 2. The molecule has 1 atom stereocenters. The lowest BCUT2D eigenvalue weighted by Crippen LogP contribution is -2.29. The van der Waals surface area contributed by atoms with Gasteiger partial charge in [0.05, 0.1) is 12.2 Å². The molecule has 19 heavy (non-hydrogen) atoms. The van der Waals surface area contributed by atoms with Crippen LogP contribution in [-0.4, -0.2) is 9.78 Å². The first kappa shape index (κ1) is 14.1. The number of hydrazine groups is 1. The van der Waals surface area contributed by atoms with Crippen LogP contribution in [0.1, 0.15) is 30.5 Å². The van der Waals surface area contributed by atoms with E-state index in [4.69, 9.17) is 17.4 Å². The topological polar surface area (TPSA) is 55.9 Å². The summed E-state index contributed by atoms with van der Waals surface area (Å²) >= 11 is 5.99. The number of nitrogens with zero attached hydrogens (tertiary/aromatic N) is 2. The van der Waals surface area contributed by atoms with E-state index in [0.717, 1.165) is 35.5 Å². The lowest BCUT2D eigenvalue weighted by molar-refractivity contribution is 0.549. The molecule has 1 aromatic heterocycles. The molecule has 0 aliphatic carbocycles. The van der Waals surface area contributed by atoms with Gasteiger partial charge >= 0.3 is 0 Å². The number of hydrogen-bond donors (Lipinski definition) is 2. The molecule has 0 radical (unpaired) electrons. The number of nitrogens with one attached hydrogen (secondary N) is 1. The summed E-state index contributed by atoms with van der Waals surface area (Å²) in [6.07, 6.45) is 5.76. The van der Waals surface area contributed by atoms with E-state index >= 15 is 0 Å². The number of hydrogen-bond acceptors (Lipinski definition) is 3. The maximum Gasteiger partial charge on any atom is 0.0538 e. The summed E-state index contributed by atoms with van der Waals surface area (Å²) in [5, 5.41) is 5.07. The van der Waals surface area contributed by atoms with Gasteiger partial charge in [-0.1, -0.05) is 30.7 Å². The van der Waals surface area contributed by atoms with Gasteiger partial charge in [-0.05, 0) is 30.5 Å². The summed E-state index contributed by atoms with van der Waals surface area (Å²) < 4.78 is 1.94. The van der Waals surface area contributed by atoms with Crippen molar-refractivity contribution in [2.24, 2.45) is 5.84 Å². The molecule has 2 aromatic rings. The summed E-state index contributed by atoms with van der Waals surface area (Å²) in [5.74, 6) is 5.65. The third kappa shape index (κ3) is 3.80. The Morgan fingerprint density at radius 3 is 3.00 bits per heavy atom. The van der Waals surface area contributed by atoms with Crippen molar-refractivity contribution >= 4 is 11.6 Å². The number of halogens is 1. The molecule has 5 heteroatoms. The van der Waals surface area contributed by atoms with Gasteiger partial charge in [0, 0.05) is 23.3 Å². The van der Waals surface area contributed by atoms with Crippen molar-refractivity contribution < 1.29 is 0 Å². The van der Waals surface area contributed by atoms with E-state index in [-0.39, 0.29) is 6.04 Å². The smallest absolute Gasteiger partial charge is 0.0538 e. The molecule has 1 aromatic carbocycles. The van der Waals surface area contributed by atoms with Gasteiger partial charge in [-0.15, -0.1) is 0 Å². The first-order valence-electron chi connectivity index (χ1n) is 6.46. The summed E-state index contributed by atoms with van der Waals surface area (Å²) in [6.45, 7) is 3.06. The van der Waals surface area contributed by atoms with Crippen LogP contribution in [0.3, 0.4) is 0 Å². The standard InChI is InChI=1S/C14H19ClN4/c1-2-6-19-10-12(9-17-19)14(18-16)8-11-4-3-5-13(15)7-11/h3-5,7,9-10,14,18H,2,6,8,16H2,1H3. The van der Waals surface area contributed by atoms with Gasteiger partial charge in [-0.3, -0.25) is 16.0 Å². The molecule has 0 spiro atoms. The van der Waals surface area contributed by atoms with Crippen LogP contribution in [0.2, 0.25) is 5.02 Å². The molecular weight excluding hydrogens is 260 g/mol. The van der Waals surface area contributed by atoms with Gasteiger partial charge in [0.15, 0.2) is 0 Å². The molecule has 0 fully saturated rings. The van der Waals surface area contributed by atoms with Gasteiger partial charge in [0.1, 0.15) is 0 Å². The summed E-state index contributed by atoms with van der Waals surface area (Å²) in [7, 11) is 0. The molecule has 1 unspecified atom stereocenters. The summed E-state index contributed by atoms with van der Waals surface area (Å²) in [5.41, 5.74) is 5.09. The van der Waals surface area contributed by atoms with E-state index in [1.165, 1.54) is 0 Å². The molecule has 0 aliphatic heterocycles. The van der Waals surface area contributed by atoms with Crippen LogP contribution >= 0.6 is 11.6 Å². The largest absolute Gasteiger partial charge is 0.272 e. The zero-order valence-electron chi connectivity index (χ0n) is 11.0. The van der Waals surface area contributed by atoms with Gasteiger partial charge in [-0.25, -0.2) is 0 Å². The molecule has 2 rings (SSSR count). The molecule has 0 bridgehead atoms. The van der Waals surface area contributed by atoms with E-state index in [2.05, 4.69) is 17.4 Å². The van der Waals surface area contributed by atoms with E-state index in [9.17, 15) is 0 Å². The fraction of sp³-hybridized carbons (Fsp3) is 0.357. The van der Waals surface area contributed by atoms with Gasteiger partial charge in [0.25, 0.3) is 0 Å². The fourth-order valence-corrected chi connectivity index (χ4v) is 2.30. The maximum atomic E-state index is 5.99. The van der Waals surface area contributed by atoms with E-state index in [0.29, 0.717) is 0 Å². The fourth-order valence-electron chi connectivity index (χ4n) is 2.08. The van der Waals surface area contributed by atoms with Crippen LogP contribution in [-0.2, 0) is 13.0 Å². The Balaban J connectivity index is 2.10. The molecule has 102 valence electrons. The maximum absolute atomic E-state index is 5.99. The number of aryl methyl sites for hydroxylation is 1. The number of benzene rings is 1. The molecular formula is C14H19ClN4. The molecule has 0 amide bonds. The second-order valence-electron chi connectivity index (χ2n) is 4.59. The average Bonchev–Trinajstić information content (AvgIpc) is 2.85.